The van der Waals surface area contributed by atoms with Crippen molar-refractivity contribution < 1.29 is 24.3 Å². The van der Waals surface area contributed by atoms with Crippen LogP contribution in [-0.4, -0.2) is 48.4 Å². The third kappa shape index (κ3) is 17.9. The first-order valence-electron chi connectivity index (χ1n) is 11.3. The number of hydrogen-bond donors (Lipinski definition) is 4. The van der Waals surface area contributed by atoms with Crippen molar-refractivity contribution in [2.45, 2.75) is 85.0 Å². The summed E-state index contributed by atoms with van der Waals surface area (Å²) in [4.78, 5) is 45.5. The Morgan fingerprint density at radius 3 is 1.57 bits per heavy atom. The molecule has 30 heavy (non-hydrogen) atoms. The van der Waals surface area contributed by atoms with Crippen LogP contribution in [0.3, 0.4) is 0 Å². The van der Waals surface area contributed by atoms with Gasteiger partial charge in [0, 0.05) is 38.9 Å². The summed E-state index contributed by atoms with van der Waals surface area (Å²) in [7, 11) is 0. The number of carboxylic acids is 1. The Bertz CT molecular complexity index is 525. The van der Waals surface area contributed by atoms with E-state index < -0.39 is 5.97 Å². The normalized spacial score (nSPS) is 12.6. The highest BCUT2D eigenvalue weighted by Gasteiger charge is 2.09. The molecule has 0 rings (SSSR count). The smallest absolute Gasteiger partial charge is 0.303 e. The molecular weight excluding hydrogens is 386 g/mol. The van der Waals surface area contributed by atoms with E-state index in [2.05, 4.69) is 29.8 Å². The Balaban J connectivity index is 3.66. The summed E-state index contributed by atoms with van der Waals surface area (Å²) in [5.41, 5.74) is 0. The van der Waals surface area contributed by atoms with E-state index in [1.165, 1.54) is 12.8 Å². The molecule has 2 atom stereocenters. The summed E-state index contributed by atoms with van der Waals surface area (Å²) >= 11 is 0. The number of carbonyl (C=O) groups excluding carboxylic acids is 3. The summed E-state index contributed by atoms with van der Waals surface area (Å²) in [6, 6.07) is 0. The summed E-state index contributed by atoms with van der Waals surface area (Å²) in [6.07, 6.45) is 6.23. The maximum Gasteiger partial charge on any atom is 0.303 e. The molecule has 0 aliphatic rings. The molecule has 0 saturated heterocycles. The van der Waals surface area contributed by atoms with Crippen LogP contribution in [0, 0.1) is 11.8 Å². The number of carboxylic acid groups (broad SMARTS) is 1. The zero-order valence-electron chi connectivity index (χ0n) is 18.9. The second kappa shape index (κ2) is 17.7. The van der Waals surface area contributed by atoms with Gasteiger partial charge in [0.05, 0.1) is 6.42 Å². The van der Waals surface area contributed by atoms with Crippen molar-refractivity contribution in [3.63, 3.8) is 0 Å². The second-order valence-corrected chi connectivity index (χ2v) is 8.16. The van der Waals surface area contributed by atoms with E-state index in [0.717, 1.165) is 25.7 Å². The van der Waals surface area contributed by atoms with Crippen LogP contribution in [0.25, 0.3) is 0 Å². The Kier molecular flexibility index (Phi) is 16.5. The molecule has 8 heteroatoms. The molecule has 0 saturated carbocycles. The van der Waals surface area contributed by atoms with Gasteiger partial charge >= 0.3 is 5.97 Å². The van der Waals surface area contributed by atoms with Crippen molar-refractivity contribution in [2.24, 2.45) is 11.8 Å². The van der Waals surface area contributed by atoms with Crippen LogP contribution in [0.5, 0.6) is 0 Å². The molecule has 2 unspecified atom stereocenters. The molecule has 0 spiro atoms. The Hall–Kier alpha value is -2.12. The summed E-state index contributed by atoms with van der Waals surface area (Å²) in [5.74, 6) is -0.455. The fourth-order valence-electron chi connectivity index (χ4n) is 3.09. The fraction of sp³-hybridized carbons (Fsp3) is 0.818. The van der Waals surface area contributed by atoms with E-state index >= 15 is 0 Å². The van der Waals surface area contributed by atoms with Crippen LogP contribution in [0.2, 0.25) is 0 Å². The predicted molar refractivity (Wildman–Crippen MR) is 117 cm³/mol. The van der Waals surface area contributed by atoms with Gasteiger partial charge in [0.15, 0.2) is 0 Å². The van der Waals surface area contributed by atoms with Crippen LogP contribution in [0.1, 0.15) is 85.0 Å². The first kappa shape index (κ1) is 27.9. The minimum atomic E-state index is -0.983. The Labute approximate surface area is 180 Å². The van der Waals surface area contributed by atoms with E-state index in [1.54, 1.807) is 0 Å². The average Bonchev–Trinajstić information content (AvgIpc) is 2.68. The minimum absolute atomic E-state index is 0.00860. The van der Waals surface area contributed by atoms with Crippen LogP contribution in [0.15, 0.2) is 0 Å². The van der Waals surface area contributed by atoms with Crippen LogP contribution >= 0.6 is 0 Å². The first-order chi connectivity index (χ1) is 14.2. The van der Waals surface area contributed by atoms with Gasteiger partial charge in [-0.1, -0.05) is 33.6 Å². The lowest BCUT2D eigenvalue weighted by Gasteiger charge is -2.13. The molecule has 0 bridgehead atoms. The maximum absolute atomic E-state index is 11.9. The summed E-state index contributed by atoms with van der Waals surface area (Å²) in [5, 5.41) is 16.9. The van der Waals surface area contributed by atoms with Crippen LogP contribution in [0.4, 0.5) is 0 Å². The summed E-state index contributed by atoms with van der Waals surface area (Å²) < 4.78 is 0. The lowest BCUT2D eigenvalue weighted by atomic mass is 10.0. The monoisotopic (exact) mass is 427 g/mol. The molecule has 0 aliphatic heterocycles. The van der Waals surface area contributed by atoms with Gasteiger partial charge in [-0.2, -0.15) is 0 Å². The SMILES string of the molecule is CCCC(C)CCCNC(=O)CCC(=O)NCCC(C)CCNC(=O)CCC(=O)O. The van der Waals surface area contributed by atoms with Crippen LogP contribution < -0.4 is 16.0 Å². The molecule has 0 aliphatic carbocycles. The number of nitrogens with one attached hydrogen (secondary N) is 3. The van der Waals surface area contributed by atoms with Crippen molar-refractivity contribution in [3.8, 4) is 0 Å². The van der Waals surface area contributed by atoms with Gasteiger partial charge in [-0.15, -0.1) is 0 Å². The van der Waals surface area contributed by atoms with Crippen molar-refractivity contribution in [1.29, 1.82) is 0 Å². The van der Waals surface area contributed by atoms with Gasteiger partial charge in [0.1, 0.15) is 0 Å². The molecule has 8 nitrogen and oxygen atoms in total. The zero-order valence-corrected chi connectivity index (χ0v) is 18.9. The van der Waals surface area contributed by atoms with Gasteiger partial charge in [-0.05, 0) is 37.5 Å². The third-order valence-electron chi connectivity index (χ3n) is 5.04. The van der Waals surface area contributed by atoms with Gasteiger partial charge in [0.2, 0.25) is 17.7 Å². The fourth-order valence-corrected chi connectivity index (χ4v) is 3.09. The number of hydrogen-bond acceptors (Lipinski definition) is 4. The van der Waals surface area contributed by atoms with E-state index in [1.807, 2.05) is 6.92 Å². The number of rotatable bonds is 18. The van der Waals surface area contributed by atoms with Crippen molar-refractivity contribution >= 4 is 23.7 Å². The van der Waals surface area contributed by atoms with Crippen molar-refractivity contribution in [2.75, 3.05) is 19.6 Å². The third-order valence-corrected chi connectivity index (χ3v) is 5.04. The molecule has 4 N–H and O–H groups in total. The molecule has 0 heterocycles. The second-order valence-electron chi connectivity index (χ2n) is 8.16. The van der Waals surface area contributed by atoms with Crippen molar-refractivity contribution in [1.82, 2.24) is 16.0 Å². The predicted octanol–water partition coefficient (Wildman–Crippen LogP) is 2.61. The molecule has 0 fully saturated rings. The molecule has 0 aromatic carbocycles. The Morgan fingerprint density at radius 1 is 0.667 bits per heavy atom. The summed E-state index contributed by atoms with van der Waals surface area (Å²) in [6.45, 7) is 8.13. The number of aliphatic carboxylic acids is 1. The van der Waals surface area contributed by atoms with Gasteiger partial charge in [-0.3, -0.25) is 19.2 Å². The standard InChI is InChI=1S/C22H41N3O5/c1-4-6-17(2)7-5-14-23-19(26)8-9-20(27)24-15-12-18(3)13-16-25-21(28)10-11-22(29)30/h17-18H,4-16H2,1-3H3,(H,23,26)(H,24,27)(H,25,28)(H,29,30). The molecule has 3 amide bonds. The Morgan fingerprint density at radius 2 is 1.10 bits per heavy atom. The zero-order chi connectivity index (χ0) is 22.8. The average molecular weight is 428 g/mol. The largest absolute Gasteiger partial charge is 0.481 e. The molecule has 174 valence electrons. The van der Waals surface area contributed by atoms with Gasteiger partial charge in [-0.25, -0.2) is 0 Å². The quantitative estimate of drug-likeness (QED) is 0.250. The van der Waals surface area contributed by atoms with Gasteiger partial charge in [0.25, 0.3) is 0 Å². The molecular formula is C22H41N3O5. The highest BCUT2D eigenvalue weighted by molar-refractivity contribution is 5.83. The highest BCUT2D eigenvalue weighted by atomic mass is 16.4. The van der Waals surface area contributed by atoms with Crippen molar-refractivity contribution in [3.05, 3.63) is 0 Å². The lowest BCUT2D eigenvalue weighted by Crippen LogP contribution is -2.30. The molecule has 0 aromatic rings. The number of amides is 3. The van der Waals surface area contributed by atoms with Gasteiger partial charge < -0.3 is 21.1 Å². The molecule has 0 radical (unpaired) electrons. The topological polar surface area (TPSA) is 125 Å². The minimum Gasteiger partial charge on any atom is -0.481 e. The number of carbonyl (C=O) groups is 4. The van der Waals surface area contributed by atoms with E-state index in [4.69, 9.17) is 5.11 Å². The van der Waals surface area contributed by atoms with E-state index in [-0.39, 0.29) is 43.4 Å². The van der Waals surface area contributed by atoms with E-state index in [0.29, 0.717) is 31.5 Å². The maximum atomic E-state index is 11.9. The molecule has 0 aromatic heterocycles. The lowest BCUT2D eigenvalue weighted by molar-refractivity contribution is -0.138. The van der Waals surface area contributed by atoms with E-state index in [9.17, 15) is 19.2 Å². The highest BCUT2D eigenvalue weighted by Crippen LogP contribution is 2.11. The first-order valence-corrected chi connectivity index (χ1v) is 11.3. The van der Waals surface area contributed by atoms with Crippen LogP contribution in [-0.2, 0) is 19.2 Å².